The molecule has 1 saturated heterocycles. The second-order valence-corrected chi connectivity index (χ2v) is 13.0. The molecule has 2 aromatic carbocycles. The Balaban J connectivity index is 1.28. The smallest absolute Gasteiger partial charge is 0.261 e. The number of fused-ring (bicyclic) bond motifs is 1. The molecule has 10 nitrogen and oxygen atoms in total. The maximum absolute atomic E-state index is 13.1. The maximum atomic E-state index is 13.1. The number of amides is 1. The summed E-state index contributed by atoms with van der Waals surface area (Å²) in [6.07, 6.45) is 2.59. The summed E-state index contributed by atoms with van der Waals surface area (Å²) in [5, 5.41) is 20.1. The number of aliphatic hydroxyl groups is 1. The predicted octanol–water partition coefficient (Wildman–Crippen LogP) is 5.55. The van der Waals surface area contributed by atoms with E-state index in [0.717, 1.165) is 39.8 Å². The summed E-state index contributed by atoms with van der Waals surface area (Å²) in [6, 6.07) is 19.2. The quantitative estimate of drug-likeness (QED) is 0.133. The number of benzene rings is 2. The normalized spacial score (nSPS) is 15.1. The number of ether oxygens (including phenoxy) is 1. The van der Waals surface area contributed by atoms with E-state index < -0.39 is 6.10 Å². The SMILES string of the molecule is COc1nc(-c2cccc(-c3cccc(-c4ccn5c(=O)c(C)c(CNC[C@@H](C)O)nc5c4)c3Cl)c2Cl)ccc1CNC[C@@H]1CCC(=O)N1. The first-order chi connectivity index (χ1) is 23.6. The fourth-order valence-electron chi connectivity index (χ4n) is 6.05. The molecule has 0 spiro atoms. The molecule has 2 atom stereocenters. The lowest BCUT2D eigenvalue weighted by Gasteiger charge is -2.16. The summed E-state index contributed by atoms with van der Waals surface area (Å²) in [5.74, 6) is 0.581. The van der Waals surface area contributed by atoms with Crippen molar-refractivity contribution in [3.05, 3.63) is 104 Å². The molecule has 0 radical (unpaired) electrons. The summed E-state index contributed by atoms with van der Waals surface area (Å²) in [7, 11) is 1.59. The molecule has 1 amide bonds. The zero-order valence-corrected chi connectivity index (χ0v) is 29.0. The van der Waals surface area contributed by atoms with Crippen LogP contribution >= 0.6 is 23.2 Å². The Morgan fingerprint density at radius 3 is 2.39 bits per heavy atom. The monoisotopic (exact) mass is 700 g/mol. The maximum Gasteiger partial charge on any atom is 0.261 e. The Bertz CT molecular complexity index is 2080. The van der Waals surface area contributed by atoms with E-state index in [4.69, 9.17) is 37.9 Å². The van der Waals surface area contributed by atoms with Gasteiger partial charge in [-0.15, -0.1) is 0 Å². The number of methoxy groups -OCH3 is 1. The third-order valence-corrected chi connectivity index (χ3v) is 9.50. The van der Waals surface area contributed by atoms with E-state index in [-0.39, 0.29) is 17.5 Å². The van der Waals surface area contributed by atoms with Crippen LogP contribution in [0.5, 0.6) is 5.88 Å². The van der Waals surface area contributed by atoms with Crippen molar-refractivity contribution < 1.29 is 14.6 Å². The Kier molecular flexibility index (Phi) is 10.6. The molecule has 0 bridgehead atoms. The number of aromatic nitrogens is 3. The van der Waals surface area contributed by atoms with Crippen LogP contribution < -0.4 is 26.2 Å². The number of pyridine rings is 2. The third kappa shape index (κ3) is 7.49. The molecule has 12 heteroatoms. The van der Waals surface area contributed by atoms with Crippen LogP contribution in [0.25, 0.3) is 39.2 Å². The molecule has 1 aliphatic heterocycles. The number of hydrogen-bond acceptors (Lipinski definition) is 8. The van der Waals surface area contributed by atoms with Gasteiger partial charge in [0.15, 0.2) is 0 Å². The molecule has 254 valence electrons. The first-order valence-electron chi connectivity index (χ1n) is 16.2. The summed E-state index contributed by atoms with van der Waals surface area (Å²) in [5.41, 5.74) is 6.84. The standard InChI is InChI=1S/C37H38Cl2N6O4/c1-21(46)17-40-20-31-22(2)37(48)45-15-14-23(16-32(45)43-31)26-6-4-7-27(34(26)38)28-8-5-9-29(35(28)39)30-12-10-24(36(44-30)49-3)18-41-19-25-11-13-33(47)42-25/h4-10,12,14-16,21,25,40-41,46H,11,13,17-20H2,1-3H3,(H,42,47)/t21-,25+/m1/s1. The second kappa shape index (κ2) is 15.1. The molecule has 5 aromatic rings. The Morgan fingerprint density at radius 2 is 1.69 bits per heavy atom. The van der Waals surface area contributed by atoms with Crippen LogP contribution in [0.3, 0.4) is 0 Å². The number of hydrogen-bond donors (Lipinski definition) is 4. The Labute approximate surface area is 294 Å². The van der Waals surface area contributed by atoms with Crippen molar-refractivity contribution in [2.24, 2.45) is 0 Å². The molecule has 4 N–H and O–H groups in total. The average molecular weight is 702 g/mol. The molecular weight excluding hydrogens is 663 g/mol. The topological polar surface area (TPSA) is 130 Å². The summed E-state index contributed by atoms with van der Waals surface area (Å²) < 4.78 is 7.16. The summed E-state index contributed by atoms with van der Waals surface area (Å²) in [6.45, 7) is 5.41. The fraction of sp³-hybridized carbons (Fsp3) is 0.297. The van der Waals surface area contributed by atoms with Gasteiger partial charge in [0, 0.05) is 78.2 Å². The molecule has 4 heterocycles. The van der Waals surface area contributed by atoms with E-state index in [2.05, 4.69) is 16.0 Å². The van der Waals surface area contributed by atoms with Gasteiger partial charge in [0.25, 0.3) is 5.56 Å². The zero-order valence-electron chi connectivity index (χ0n) is 27.5. The Hall–Kier alpha value is -4.32. The lowest BCUT2D eigenvalue weighted by Crippen LogP contribution is -2.35. The number of carbonyl (C=O) groups excluding carboxylic acids is 1. The highest BCUT2D eigenvalue weighted by atomic mass is 35.5. The van der Waals surface area contributed by atoms with Gasteiger partial charge < -0.3 is 25.8 Å². The average Bonchev–Trinajstić information content (AvgIpc) is 3.51. The van der Waals surface area contributed by atoms with Gasteiger partial charge in [-0.05, 0) is 44.0 Å². The highest BCUT2D eigenvalue weighted by Gasteiger charge is 2.21. The molecule has 0 aliphatic carbocycles. The molecule has 1 aliphatic rings. The minimum Gasteiger partial charge on any atom is -0.481 e. The van der Waals surface area contributed by atoms with Gasteiger partial charge in [-0.3, -0.25) is 14.0 Å². The highest BCUT2D eigenvalue weighted by molar-refractivity contribution is 6.39. The first kappa shape index (κ1) is 34.5. The third-order valence-electron chi connectivity index (χ3n) is 8.69. The molecule has 0 saturated carbocycles. The van der Waals surface area contributed by atoms with Crippen molar-refractivity contribution in [2.45, 2.75) is 51.9 Å². The Morgan fingerprint density at radius 1 is 0.980 bits per heavy atom. The van der Waals surface area contributed by atoms with Crippen molar-refractivity contribution in [1.29, 1.82) is 0 Å². The van der Waals surface area contributed by atoms with E-state index in [0.29, 0.717) is 71.1 Å². The molecular formula is C37H38Cl2N6O4. The number of aliphatic hydroxyl groups excluding tert-OH is 1. The van der Waals surface area contributed by atoms with Crippen LogP contribution in [0.15, 0.2) is 71.7 Å². The van der Waals surface area contributed by atoms with Crippen LogP contribution in [0, 0.1) is 6.92 Å². The van der Waals surface area contributed by atoms with Crippen molar-refractivity contribution in [3.8, 4) is 39.4 Å². The van der Waals surface area contributed by atoms with Crippen LogP contribution in [0.1, 0.15) is 36.6 Å². The second-order valence-electron chi connectivity index (χ2n) is 12.2. The van der Waals surface area contributed by atoms with Crippen molar-refractivity contribution in [3.63, 3.8) is 0 Å². The fourth-order valence-corrected chi connectivity index (χ4v) is 6.72. The van der Waals surface area contributed by atoms with E-state index in [1.54, 1.807) is 27.2 Å². The number of halogens is 2. The predicted molar refractivity (Wildman–Crippen MR) is 193 cm³/mol. The van der Waals surface area contributed by atoms with Gasteiger partial charge >= 0.3 is 0 Å². The van der Waals surface area contributed by atoms with Crippen LogP contribution in [0.4, 0.5) is 0 Å². The van der Waals surface area contributed by atoms with Crippen molar-refractivity contribution >= 4 is 34.8 Å². The van der Waals surface area contributed by atoms with Crippen LogP contribution in [-0.2, 0) is 17.9 Å². The van der Waals surface area contributed by atoms with Crippen LogP contribution in [-0.4, -0.2) is 57.7 Å². The van der Waals surface area contributed by atoms with E-state index in [1.165, 1.54) is 4.40 Å². The van der Waals surface area contributed by atoms with Gasteiger partial charge in [0.2, 0.25) is 11.8 Å². The lowest BCUT2D eigenvalue weighted by molar-refractivity contribution is -0.119. The minimum atomic E-state index is -0.510. The minimum absolute atomic E-state index is 0.0921. The van der Waals surface area contributed by atoms with Crippen molar-refractivity contribution in [2.75, 3.05) is 20.2 Å². The van der Waals surface area contributed by atoms with Gasteiger partial charge in [0.1, 0.15) is 5.65 Å². The van der Waals surface area contributed by atoms with E-state index >= 15 is 0 Å². The molecule has 3 aromatic heterocycles. The number of nitrogens with one attached hydrogen (secondary N) is 3. The number of carbonyl (C=O) groups is 1. The highest BCUT2D eigenvalue weighted by Crippen LogP contribution is 2.42. The summed E-state index contributed by atoms with van der Waals surface area (Å²) >= 11 is 14.2. The molecule has 1 fully saturated rings. The number of rotatable bonds is 12. The van der Waals surface area contributed by atoms with E-state index in [1.807, 2.05) is 60.7 Å². The van der Waals surface area contributed by atoms with Gasteiger partial charge in [-0.1, -0.05) is 65.7 Å². The molecule has 6 rings (SSSR count). The number of nitrogens with zero attached hydrogens (tertiary/aromatic N) is 3. The van der Waals surface area contributed by atoms with E-state index in [9.17, 15) is 14.7 Å². The van der Waals surface area contributed by atoms with Crippen LogP contribution in [0.2, 0.25) is 10.0 Å². The van der Waals surface area contributed by atoms with Crippen molar-refractivity contribution in [1.82, 2.24) is 30.3 Å². The lowest BCUT2D eigenvalue weighted by atomic mass is 9.97. The van der Waals surface area contributed by atoms with Gasteiger partial charge in [-0.25, -0.2) is 9.97 Å². The molecule has 0 unspecified atom stereocenters. The van der Waals surface area contributed by atoms with Gasteiger partial charge in [-0.2, -0.15) is 0 Å². The van der Waals surface area contributed by atoms with Gasteiger partial charge in [0.05, 0.1) is 34.6 Å². The first-order valence-corrected chi connectivity index (χ1v) is 16.9. The summed E-state index contributed by atoms with van der Waals surface area (Å²) in [4.78, 5) is 34.2. The zero-order chi connectivity index (χ0) is 34.7. The molecule has 49 heavy (non-hydrogen) atoms. The largest absolute Gasteiger partial charge is 0.481 e.